The van der Waals surface area contributed by atoms with Gasteiger partial charge in [0.05, 0.1) is 17.5 Å². The van der Waals surface area contributed by atoms with Crippen molar-refractivity contribution in [2.45, 2.75) is 20.0 Å². The number of esters is 1. The Bertz CT molecular complexity index is 1020. The lowest BCUT2D eigenvalue weighted by atomic mass is 10.2. The fourth-order valence-electron chi connectivity index (χ4n) is 2.31. The zero-order chi connectivity index (χ0) is 21.6. The Morgan fingerprint density at radius 2 is 1.48 bits per heavy atom. The van der Waals surface area contributed by atoms with Gasteiger partial charge in [-0.15, -0.1) is 0 Å². The van der Waals surface area contributed by atoms with Crippen molar-refractivity contribution in [3.8, 4) is 0 Å². The number of benzene rings is 2. The van der Waals surface area contributed by atoms with E-state index >= 15 is 0 Å². The van der Waals surface area contributed by atoms with Gasteiger partial charge in [0.25, 0.3) is 5.91 Å². The Morgan fingerprint density at radius 1 is 0.931 bits per heavy atom. The van der Waals surface area contributed by atoms with Crippen LogP contribution in [0.5, 0.6) is 0 Å². The largest absolute Gasteiger partial charge is 0.449 e. The SMILES string of the molecule is CC(=O)Nc1ccc(NC(=O)[C@H](C)OC(=O)c2ccccc2NS(C)(=O)=O)cc1. The molecular weight excluding hydrogens is 398 g/mol. The van der Waals surface area contributed by atoms with Crippen molar-refractivity contribution in [1.82, 2.24) is 0 Å². The minimum absolute atomic E-state index is 0.0164. The minimum Gasteiger partial charge on any atom is -0.449 e. The molecule has 9 nitrogen and oxygen atoms in total. The summed E-state index contributed by atoms with van der Waals surface area (Å²) in [6.45, 7) is 2.78. The number of hydrogen-bond donors (Lipinski definition) is 3. The first-order valence-electron chi connectivity index (χ1n) is 8.51. The molecule has 0 saturated heterocycles. The third-order valence-electron chi connectivity index (χ3n) is 3.57. The van der Waals surface area contributed by atoms with Gasteiger partial charge in [0, 0.05) is 18.3 Å². The predicted molar refractivity (Wildman–Crippen MR) is 109 cm³/mol. The average Bonchev–Trinajstić information content (AvgIpc) is 2.61. The molecule has 0 fully saturated rings. The van der Waals surface area contributed by atoms with Crippen LogP contribution < -0.4 is 15.4 Å². The highest BCUT2D eigenvalue weighted by Crippen LogP contribution is 2.19. The number of carbonyl (C=O) groups excluding carboxylic acids is 3. The Hall–Kier alpha value is -3.40. The second-order valence-corrected chi connectivity index (χ2v) is 7.96. The molecule has 0 unspecified atom stereocenters. The van der Waals surface area contributed by atoms with Crippen LogP contribution in [0, 0.1) is 0 Å². The molecule has 154 valence electrons. The van der Waals surface area contributed by atoms with E-state index in [-0.39, 0.29) is 17.2 Å². The summed E-state index contributed by atoms with van der Waals surface area (Å²) in [6.07, 6.45) is -0.175. The van der Waals surface area contributed by atoms with Crippen LogP contribution in [0.15, 0.2) is 48.5 Å². The van der Waals surface area contributed by atoms with Crippen molar-refractivity contribution in [3.63, 3.8) is 0 Å². The van der Waals surface area contributed by atoms with Crippen LogP contribution in [0.3, 0.4) is 0 Å². The number of hydrogen-bond acceptors (Lipinski definition) is 6. The van der Waals surface area contributed by atoms with E-state index in [4.69, 9.17) is 4.74 Å². The average molecular weight is 419 g/mol. The molecule has 0 aliphatic rings. The second kappa shape index (κ2) is 9.20. The van der Waals surface area contributed by atoms with E-state index in [2.05, 4.69) is 15.4 Å². The number of carbonyl (C=O) groups is 3. The fourth-order valence-corrected chi connectivity index (χ4v) is 2.89. The summed E-state index contributed by atoms with van der Waals surface area (Å²) in [5.74, 6) is -1.63. The summed E-state index contributed by atoms with van der Waals surface area (Å²) in [7, 11) is -3.59. The number of anilines is 3. The van der Waals surface area contributed by atoms with Crippen LogP contribution in [0.4, 0.5) is 17.1 Å². The van der Waals surface area contributed by atoms with Crippen molar-refractivity contribution in [2.24, 2.45) is 0 Å². The Kier molecular flexibility index (Phi) is 6.94. The number of ether oxygens (including phenoxy) is 1. The molecule has 3 N–H and O–H groups in total. The van der Waals surface area contributed by atoms with Gasteiger partial charge < -0.3 is 15.4 Å². The van der Waals surface area contributed by atoms with Gasteiger partial charge >= 0.3 is 5.97 Å². The molecule has 0 aliphatic heterocycles. The molecule has 29 heavy (non-hydrogen) atoms. The molecule has 0 aliphatic carbocycles. The van der Waals surface area contributed by atoms with Gasteiger partial charge in [0.1, 0.15) is 0 Å². The molecule has 1 atom stereocenters. The van der Waals surface area contributed by atoms with Crippen LogP contribution in [0.1, 0.15) is 24.2 Å². The summed E-state index contributed by atoms with van der Waals surface area (Å²) < 4.78 is 30.3. The molecule has 0 bridgehead atoms. The van der Waals surface area contributed by atoms with Crippen molar-refractivity contribution in [1.29, 1.82) is 0 Å². The van der Waals surface area contributed by atoms with E-state index in [1.807, 2.05) is 0 Å². The molecule has 0 aromatic heterocycles. The number of nitrogens with one attached hydrogen (secondary N) is 3. The van der Waals surface area contributed by atoms with Gasteiger partial charge in [-0.25, -0.2) is 13.2 Å². The number of amides is 2. The molecule has 0 saturated carbocycles. The highest BCUT2D eigenvalue weighted by atomic mass is 32.2. The Morgan fingerprint density at radius 3 is 2.03 bits per heavy atom. The van der Waals surface area contributed by atoms with Gasteiger partial charge in [-0.1, -0.05) is 12.1 Å². The molecule has 0 radical (unpaired) electrons. The van der Waals surface area contributed by atoms with Crippen molar-refractivity contribution >= 4 is 44.9 Å². The lowest BCUT2D eigenvalue weighted by Crippen LogP contribution is -2.30. The van der Waals surface area contributed by atoms with Crippen LogP contribution in [-0.4, -0.2) is 38.6 Å². The molecule has 10 heteroatoms. The van der Waals surface area contributed by atoms with Crippen molar-refractivity contribution in [3.05, 3.63) is 54.1 Å². The minimum atomic E-state index is -3.59. The van der Waals surface area contributed by atoms with Crippen LogP contribution in [-0.2, 0) is 24.3 Å². The van der Waals surface area contributed by atoms with Gasteiger partial charge in [-0.05, 0) is 43.3 Å². The highest BCUT2D eigenvalue weighted by molar-refractivity contribution is 7.92. The second-order valence-electron chi connectivity index (χ2n) is 6.22. The lowest BCUT2D eigenvalue weighted by molar-refractivity contribution is -0.123. The van der Waals surface area contributed by atoms with E-state index in [0.29, 0.717) is 11.4 Å². The van der Waals surface area contributed by atoms with E-state index in [1.54, 1.807) is 36.4 Å². The maximum Gasteiger partial charge on any atom is 0.341 e. The van der Waals surface area contributed by atoms with Crippen LogP contribution in [0.25, 0.3) is 0 Å². The van der Waals surface area contributed by atoms with Crippen molar-refractivity contribution < 1.29 is 27.5 Å². The first-order chi connectivity index (χ1) is 13.5. The maximum atomic E-state index is 12.4. The van der Waals surface area contributed by atoms with E-state index < -0.39 is 28.0 Å². The fraction of sp³-hybridized carbons (Fsp3) is 0.211. The Labute approximate surface area is 168 Å². The van der Waals surface area contributed by atoms with Gasteiger partial charge in [-0.2, -0.15) is 0 Å². The quantitative estimate of drug-likeness (QED) is 0.590. The molecule has 2 amide bonds. The topological polar surface area (TPSA) is 131 Å². The predicted octanol–water partition coefficient (Wildman–Crippen LogP) is 2.20. The normalized spacial score (nSPS) is 11.8. The lowest BCUT2D eigenvalue weighted by Gasteiger charge is -2.15. The third-order valence-corrected chi connectivity index (χ3v) is 4.16. The third kappa shape index (κ3) is 6.92. The number of para-hydroxylation sites is 1. The zero-order valence-electron chi connectivity index (χ0n) is 16.1. The monoisotopic (exact) mass is 419 g/mol. The van der Waals surface area contributed by atoms with Gasteiger partial charge in [-0.3, -0.25) is 14.3 Å². The molecule has 2 aromatic rings. The van der Waals surface area contributed by atoms with Crippen molar-refractivity contribution in [2.75, 3.05) is 21.6 Å². The summed E-state index contributed by atoms with van der Waals surface area (Å²) in [6, 6.07) is 12.3. The highest BCUT2D eigenvalue weighted by Gasteiger charge is 2.21. The van der Waals surface area contributed by atoms with Gasteiger partial charge in [0.15, 0.2) is 6.10 Å². The first-order valence-corrected chi connectivity index (χ1v) is 10.4. The van der Waals surface area contributed by atoms with Crippen LogP contribution in [0.2, 0.25) is 0 Å². The number of rotatable bonds is 7. The molecular formula is C19H21N3O6S. The summed E-state index contributed by atoms with van der Waals surface area (Å²) >= 11 is 0. The van der Waals surface area contributed by atoms with E-state index in [9.17, 15) is 22.8 Å². The first kappa shape index (κ1) is 21.9. The van der Waals surface area contributed by atoms with Gasteiger partial charge in [0.2, 0.25) is 15.9 Å². The molecule has 2 rings (SSSR count). The summed E-state index contributed by atoms with van der Waals surface area (Å²) in [5, 5.41) is 5.20. The smallest absolute Gasteiger partial charge is 0.341 e. The summed E-state index contributed by atoms with van der Waals surface area (Å²) in [4.78, 5) is 35.7. The molecule has 0 heterocycles. The number of sulfonamides is 1. The Balaban J connectivity index is 2.02. The molecule has 0 spiro atoms. The zero-order valence-corrected chi connectivity index (χ0v) is 16.9. The van der Waals surface area contributed by atoms with E-state index in [1.165, 1.54) is 26.0 Å². The van der Waals surface area contributed by atoms with E-state index in [0.717, 1.165) is 6.26 Å². The summed E-state index contributed by atoms with van der Waals surface area (Å²) in [5.41, 5.74) is 1.06. The van der Waals surface area contributed by atoms with Crippen LogP contribution >= 0.6 is 0 Å². The maximum absolute atomic E-state index is 12.4. The molecule has 2 aromatic carbocycles. The standard InChI is InChI=1S/C19H21N3O6S/c1-12(18(24)21-15-10-8-14(9-11-15)20-13(2)23)28-19(25)16-6-4-5-7-17(16)22-29(3,26)27/h4-12,22H,1-3H3,(H,20,23)(H,21,24)/t12-/m0/s1.